The fraction of sp³-hybridized carbons (Fsp3) is 0.417. The van der Waals surface area contributed by atoms with Gasteiger partial charge in [-0.1, -0.05) is 60.2 Å². The second-order valence-corrected chi connectivity index (χ2v) is 9.16. The van der Waals surface area contributed by atoms with Crippen molar-refractivity contribution in [2.75, 3.05) is 27.1 Å². The van der Waals surface area contributed by atoms with Crippen molar-refractivity contribution in [2.45, 2.75) is 44.7 Å². The number of nitrogens with one attached hydrogen (secondary N) is 1. The second-order valence-electron chi connectivity index (χ2n) is 7.51. The Bertz CT molecular complexity index is 934. The summed E-state index contributed by atoms with van der Waals surface area (Å²) in [4.78, 5) is 0.322. The summed E-state index contributed by atoms with van der Waals surface area (Å²) in [6.07, 6.45) is 3.39. The van der Waals surface area contributed by atoms with Crippen molar-refractivity contribution in [3.63, 3.8) is 0 Å². The smallest absolute Gasteiger partial charge is 0.241 e. The van der Waals surface area contributed by atoms with Crippen LogP contribution in [0.15, 0.2) is 59.5 Å². The van der Waals surface area contributed by atoms with Crippen LogP contribution in [0, 0.1) is 20.8 Å². The number of hydrogen-bond acceptors (Lipinski definition) is 5. The molecule has 0 bridgehead atoms. The van der Waals surface area contributed by atoms with Gasteiger partial charge in [-0.25, -0.2) is 8.42 Å². The first-order valence-electron chi connectivity index (χ1n) is 10.3. The summed E-state index contributed by atoms with van der Waals surface area (Å²) in [6.45, 7) is 8.57. The maximum absolute atomic E-state index is 13.3. The van der Waals surface area contributed by atoms with Crippen LogP contribution < -0.4 is 4.72 Å². The fourth-order valence-electron chi connectivity index (χ4n) is 3.38. The largest absolute Gasteiger partial charge is 0.382 e. The summed E-state index contributed by atoms with van der Waals surface area (Å²) in [5.74, 6) is 0. The summed E-state index contributed by atoms with van der Waals surface area (Å²) >= 11 is 0. The van der Waals surface area contributed by atoms with Gasteiger partial charge in [-0.15, -0.1) is 0 Å². The van der Waals surface area contributed by atoms with E-state index in [0.717, 1.165) is 22.3 Å². The second kappa shape index (κ2) is 12.1. The SMILES string of the molecule is COCCOCO[C@@H](C)/C=C\[C@@H](NS(=O)(=O)c1c(C)cc(C)cc1C)c1ccccc1. The summed E-state index contributed by atoms with van der Waals surface area (Å²) in [5.41, 5.74) is 3.33. The molecule has 0 saturated carbocycles. The van der Waals surface area contributed by atoms with Crippen molar-refractivity contribution >= 4 is 10.0 Å². The fourth-order valence-corrected chi connectivity index (χ4v) is 5.01. The van der Waals surface area contributed by atoms with E-state index >= 15 is 0 Å². The van der Waals surface area contributed by atoms with Crippen molar-refractivity contribution in [2.24, 2.45) is 0 Å². The molecule has 0 fully saturated rings. The van der Waals surface area contributed by atoms with Gasteiger partial charge >= 0.3 is 0 Å². The maximum atomic E-state index is 13.3. The van der Waals surface area contributed by atoms with Crippen LogP contribution in [0.5, 0.6) is 0 Å². The van der Waals surface area contributed by atoms with Crippen molar-refractivity contribution in [3.05, 3.63) is 76.9 Å². The zero-order valence-corrected chi connectivity index (χ0v) is 19.7. The van der Waals surface area contributed by atoms with Gasteiger partial charge in [-0.3, -0.25) is 0 Å². The number of benzene rings is 2. The average molecular weight is 448 g/mol. The van der Waals surface area contributed by atoms with E-state index in [9.17, 15) is 8.42 Å². The van der Waals surface area contributed by atoms with Crippen molar-refractivity contribution in [1.82, 2.24) is 4.72 Å². The van der Waals surface area contributed by atoms with E-state index in [1.165, 1.54) is 0 Å². The molecule has 0 aliphatic carbocycles. The lowest BCUT2D eigenvalue weighted by Gasteiger charge is -2.19. The van der Waals surface area contributed by atoms with Gasteiger partial charge < -0.3 is 14.2 Å². The molecule has 0 amide bonds. The third-order valence-electron chi connectivity index (χ3n) is 4.73. The minimum Gasteiger partial charge on any atom is -0.382 e. The Labute approximate surface area is 186 Å². The van der Waals surface area contributed by atoms with Crippen molar-refractivity contribution in [3.8, 4) is 0 Å². The molecule has 0 aliphatic rings. The average Bonchev–Trinajstić information content (AvgIpc) is 2.70. The number of sulfonamides is 1. The van der Waals surface area contributed by atoms with Crippen LogP contribution in [0.3, 0.4) is 0 Å². The summed E-state index contributed by atoms with van der Waals surface area (Å²) in [6, 6.07) is 12.7. The van der Waals surface area contributed by atoms with Gasteiger partial charge in [0.05, 0.1) is 30.3 Å². The normalized spacial score (nSPS) is 14.1. The number of rotatable bonds is 12. The Balaban J connectivity index is 2.20. The lowest BCUT2D eigenvalue weighted by atomic mass is 10.1. The molecule has 2 aromatic carbocycles. The number of ether oxygens (including phenoxy) is 3. The van der Waals surface area contributed by atoms with Gasteiger partial charge in [-0.05, 0) is 44.4 Å². The number of methoxy groups -OCH3 is 1. The van der Waals surface area contributed by atoms with Crippen LogP contribution in [-0.2, 0) is 24.2 Å². The van der Waals surface area contributed by atoms with E-state index < -0.39 is 16.1 Å². The highest BCUT2D eigenvalue weighted by molar-refractivity contribution is 7.89. The first kappa shape index (κ1) is 25.2. The minimum atomic E-state index is -3.74. The van der Waals surface area contributed by atoms with Crippen LogP contribution in [0.2, 0.25) is 0 Å². The molecular formula is C24H33NO5S. The lowest BCUT2D eigenvalue weighted by molar-refractivity contribution is -0.0803. The molecule has 0 aromatic heterocycles. The molecule has 0 unspecified atom stereocenters. The molecule has 31 heavy (non-hydrogen) atoms. The molecule has 0 heterocycles. The Morgan fingerprint density at radius 1 is 1.00 bits per heavy atom. The van der Waals surface area contributed by atoms with Crippen LogP contribution in [-0.4, -0.2) is 41.6 Å². The molecule has 170 valence electrons. The van der Waals surface area contributed by atoms with Gasteiger partial charge in [-0.2, -0.15) is 4.72 Å². The molecule has 6 nitrogen and oxygen atoms in total. The highest BCUT2D eigenvalue weighted by atomic mass is 32.2. The summed E-state index contributed by atoms with van der Waals surface area (Å²) in [5, 5.41) is 0. The van der Waals surface area contributed by atoms with Crippen LogP contribution in [0.4, 0.5) is 0 Å². The molecule has 0 aliphatic heterocycles. The van der Waals surface area contributed by atoms with E-state index in [0.29, 0.717) is 18.1 Å². The molecule has 2 atom stereocenters. The monoisotopic (exact) mass is 447 g/mol. The summed E-state index contributed by atoms with van der Waals surface area (Å²) in [7, 11) is -2.13. The van der Waals surface area contributed by atoms with Crippen LogP contribution in [0.1, 0.15) is 35.2 Å². The van der Waals surface area contributed by atoms with Gasteiger partial charge in [0.25, 0.3) is 0 Å². The molecular weight excluding hydrogens is 414 g/mol. The zero-order valence-electron chi connectivity index (χ0n) is 18.9. The van der Waals surface area contributed by atoms with Gasteiger partial charge in [0.15, 0.2) is 0 Å². The molecule has 0 spiro atoms. The molecule has 2 rings (SSSR count). The van der Waals surface area contributed by atoms with Gasteiger partial charge in [0.2, 0.25) is 10.0 Å². The van der Waals surface area contributed by atoms with E-state index in [-0.39, 0.29) is 12.9 Å². The predicted octanol–water partition coefficient (Wildman–Crippen LogP) is 4.21. The molecule has 0 saturated heterocycles. The third kappa shape index (κ3) is 7.87. The predicted molar refractivity (Wildman–Crippen MR) is 123 cm³/mol. The number of aryl methyl sites for hydroxylation is 3. The summed E-state index contributed by atoms with van der Waals surface area (Å²) < 4.78 is 45.2. The van der Waals surface area contributed by atoms with Gasteiger partial charge in [0, 0.05) is 7.11 Å². The molecule has 1 N–H and O–H groups in total. The molecule has 2 aromatic rings. The third-order valence-corrected chi connectivity index (χ3v) is 6.48. The van der Waals surface area contributed by atoms with E-state index in [1.807, 2.05) is 82.3 Å². The van der Waals surface area contributed by atoms with E-state index in [4.69, 9.17) is 14.2 Å². The highest BCUT2D eigenvalue weighted by Gasteiger charge is 2.23. The maximum Gasteiger partial charge on any atom is 0.241 e. The minimum absolute atomic E-state index is 0.137. The number of hydrogen-bond donors (Lipinski definition) is 1. The van der Waals surface area contributed by atoms with Crippen LogP contribution in [0.25, 0.3) is 0 Å². The van der Waals surface area contributed by atoms with E-state index in [2.05, 4.69) is 4.72 Å². The first-order chi connectivity index (χ1) is 14.7. The topological polar surface area (TPSA) is 73.9 Å². The Morgan fingerprint density at radius 3 is 2.26 bits per heavy atom. The standard InChI is InChI=1S/C24H33NO5S/c1-18-15-19(2)24(20(3)16-18)31(26,27)25-23(22-9-7-6-8-10-22)12-11-21(4)30-17-29-14-13-28-5/h6-12,15-16,21,23,25H,13-14,17H2,1-5H3/b12-11-/t21-,23+/m0/s1. The molecule has 0 radical (unpaired) electrons. The molecule has 7 heteroatoms. The van der Waals surface area contributed by atoms with E-state index in [1.54, 1.807) is 7.11 Å². The Hall–Kier alpha value is -2.03. The van der Waals surface area contributed by atoms with Crippen LogP contribution >= 0.6 is 0 Å². The van der Waals surface area contributed by atoms with Crippen molar-refractivity contribution < 1.29 is 22.6 Å². The highest BCUT2D eigenvalue weighted by Crippen LogP contribution is 2.25. The Morgan fingerprint density at radius 2 is 1.65 bits per heavy atom. The lowest BCUT2D eigenvalue weighted by Crippen LogP contribution is -2.29. The van der Waals surface area contributed by atoms with Gasteiger partial charge in [0.1, 0.15) is 6.79 Å². The van der Waals surface area contributed by atoms with Crippen molar-refractivity contribution in [1.29, 1.82) is 0 Å². The Kier molecular flexibility index (Phi) is 9.87. The quantitative estimate of drug-likeness (QED) is 0.300. The first-order valence-corrected chi connectivity index (χ1v) is 11.7. The zero-order chi connectivity index (χ0) is 22.9.